The van der Waals surface area contributed by atoms with E-state index in [1.54, 1.807) is 11.8 Å². The minimum absolute atomic E-state index is 0. The Morgan fingerprint density at radius 1 is 1.25 bits per heavy atom. The molecule has 0 bridgehead atoms. The van der Waals surface area contributed by atoms with E-state index in [2.05, 4.69) is 4.90 Å². The molecule has 0 amide bonds. The van der Waals surface area contributed by atoms with Crippen LogP contribution in [0, 0.1) is 5.92 Å². The molecule has 20 heavy (non-hydrogen) atoms. The van der Waals surface area contributed by atoms with E-state index in [0.717, 1.165) is 39.7 Å². The summed E-state index contributed by atoms with van der Waals surface area (Å²) in [4.78, 5) is 3.59. The molecule has 2 nitrogen and oxygen atoms in total. The van der Waals surface area contributed by atoms with E-state index in [1.807, 2.05) is 18.2 Å². The summed E-state index contributed by atoms with van der Waals surface area (Å²) in [5.41, 5.74) is 5.71. The van der Waals surface area contributed by atoms with Gasteiger partial charge in [0.1, 0.15) is 0 Å². The number of rotatable bonds is 5. The average Bonchev–Trinajstić information content (AvgIpc) is 2.43. The SMILES string of the molecule is Cl.NCC1CCN(CCSc2cc(Cl)ccc2Cl)CC1. The smallest absolute Gasteiger partial charge is 0.0542 e. The van der Waals surface area contributed by atoms with Crippen LogP contribution in [0.4, 0.5) is 0 Å². The summed E-state index contributed by atoms with van der Waals surface area (Å²) in [7, 11) is 0. The van der Waals surface area contributed by atoms with Gasteiger partial charge in [0, 0.05) is 22.2 Å². The van der Waals surface area contributed by atoms with Crippen LogP contribution < -0.4 is 5.73 Å². The maximum absolute atomic E-state index is 6.15. The Morgan fingerprint density at radius 2 is 1.95 bits per heavy atom. The van der Waals surface area contributed by atoms with E-state index in [0.29, 0.717) is 0 Å². The van der Waals surface area contributed by atoms with Crippen LogP contribution in [0.5, 0.6) is 0 Å². The molecule has 1 aliphatic heterocycles. The molecule has 0 aromatic heterocycles. The van der Waals surface area contributed by atoms with Crippen molar-refractivity contribution in [2.45, 2.75) is 17.7 Å². The van der Waals surface area contributed by atoms with Crippen molar-refractivity contribution < 1.29 is 0 Å². The maximum atomic E-state index is 6.15. The van der Waals surface area contributed by atoms with Crippen LogP contribution in [0.25, 0.3) is 0 Å². The number of likely N-dealkylation sites (tertiary alicyclic amines) is 1. The molecule has 1 aromatic carbocycles. The van der Waals surface area contributed by atoms with Gasteiger partial charge in [-0.25, -0.2) is 0 Å². The monoisotopic (exact) mass is 354 g/mol. The Hall–Kier alpha value is 0.360. The highest BCUT2D eigenvalue weighted by molar-refractivity contribution is 7.99. The summed E-state index contributed by atoms with van der Waals surface area (Å²) in [6, 6.07) is 5.62. The van der Waals surface area contributed by atoms with Crippen LogP contribution >= 0.6 is 47.4 Å². The number of nitrogens with two attached hydrogens (primary N) is 1. The largest absolute Gasteiger partial charge is 0.330 e. The van der Waals surface area contributed by atoms with Crippen LogP contribution in [-0.4, -0.2) is 36.8 Å². The lowest BCUT2D eigenvalue weighted by Gasteiger charge is -2.31. The normalized spacial score (nSPS) is 16.9. The summed E-state index contributed by atoms with van der Waals surface area (Å²) in [5.74, 6) is 1.78. The third-order valence-corrected chi connectivity index (χ3v) is 5.31. The Labute approximate surface area is 141 Å². The van der Waals surface area contributed by atoms with Crippen molar-refractivity contribution in [3.05, 3.63) is 28.2 Å². The minimum atomic E-state index is 0. The first-order chi connectivity index (χ1) is 9.19. The van der Waals surface area contributed by atoms with E-state index in [9.17, 15) is 0 Å². The van der Waals surface area contributed by atoms with E-state index >= 15 is 0 Å². The maximum Gasteiger partial charge on any atom is 0.0542 e. The second-order valence-corrected chi connectivity index (χ2v) is 6.92. The van der Waals surface area contributed by atoms with E-state index < -0.39 is 0 Å². The number of nitrogens with zero attached hydrogens (tertiary/aromatic N) is 1. The van der Waals surface area contributed by atoms with Crippen molar-refractivity contribution in [1.29, 1.82) is 0 Å². The highest BCUT2D eigenvalue weighted by atomic mass is 35.5. The van der Waals surface area contributed by atoms with Crippen LogP contribution in [-0.2, 0) is 0 Å². The fourth-order valence-corrected chi connectivity index (χ4v) is 3.82. The lowest BCUT2D eigenvalue weighted by molar-refractivity contribution is 0.197. The Balaban J connectivity index is 0.00000200. The molecular formula is C14H21Cl3N2S. The third kappa shape index (κ3) is 5.63. The molecule has 6 heteroatoms. The van der Waals surface area contributed by atoms with Crippen molar-refractivity contribution >= 4 is 47.4 Å². The van der Waals surface area contributed by atoms with E-state index in [4.69, 9.17) is 28.9 Å². The second kappa shape index (κ2) is 9.39. The fourth-order valence-electron chi connectivity index (χ4n) is 2.32. The predicted octanol–water partition coefficient (Wildman–Crippen LogP) is 4.18. The quantitative estimate of drug-likeness (QED) is 0.803. The van der Waals surface area contributed by atoms with Gasteiger partial charge in [-0.1, -0.05) is 23.2 Å². The Kier molecular flexibility index (Phi) is 8.64. The van der Waals surface area contributed by atoms with Gasteiger partial charge in [0.05, 0.1) is 5.02 Å². The van der Waals surface area contributed by atoms with Gasteiger partial charge in [-0.2, -0.15) is 0 Å². The number of halogens is 3. The van der Waals surface area contributed by atoms with Crippen molar-refractivity contribution in [3.63, 3.8) is 0 Å². The molecule has 0 radical (unpaired) electrons. The molecule has 1 aliphatic rings. The van der Waals surface area contributed by atoms with Crippen molar-refractivity contribution in [1.82, 2.24) is 4.90 Å². The molecule has 0 saturated carbocycles. The molecule has 114 valence electrons. The van der Waals surface area contributed by atoms with Gasteiger partial charge in [0.25, 0.3) is 0 Å². The molecule has 0 atom stereocenters. The van der Waals surface area contributed by atoms with Crippen LogP contribution in [0.2, 0.25) is 10.0 Å². The Bertz CT molecular complexity index is 409. The van der Waals surface area contributed by atoms with Crippen molar-refractivity contribution in [2.24, 2.45) is 11.7 Å². The molecule has 2 N–H and O–H groups in total. The molecule has 0 unspecified atom stereocenters. The first-order valence-electron chi connectivity index (χ1n) is 6.69. The standard InChI is InChI=1S/C14H20Cl2N2S.ClH/c15-12-1-2-13(16)14(9-12)19-8-7-18-5-3-11(10-17)4-6-18;/h1-2,9,11H,3-8,10,17H2;1H. The molecule has 0 aliphatic carbocycles. The van der Waals surface area contributed by atoms with Crippen molar-refractivity contribution in [2.75, 3.05) is 31.9 Å². The predicted molar refractivity (Wildman–Crippen MR) is 92.7 cm³/mol. The van der Waals surface area contributed by atoms with Crippen LogP contribution in [0.3, 0.4) is 0 Å². The number of piperidine rings is 1. The lowest BCUT2D eigenvalue weighted by atomic mass is 9.97. The minimum Gasteiger partial charge on any atom is -0.330 e. The highest BCUT2D eigenvalue weighted by Gasteiger charge is 2.17. The number of benzene rings is 1. The zero-order valence-electron chi connectivity index (χ0n) is 11.4. The van der Waals surface area contributed by atoms with Crippen LogP contribution in [0.1, 0.15) is 12.8 Å². The zero-order chi connectivity index (χ0) is 13.7. The molecule has 1 heterocycles. The first-order valence-corrected chi connectivity index (χ1v) is 8.43. The van der Waals surface area contributed by atoms with Gasteiger partial charge < -0.3 is 10.6 Å². The summed E-state index contributed by atoms with van der Waals surface area (Å²) >= 11 is 13.9. The summed E-state index contributed by atoms with van der Waals surface area (Å²) in [5, 5.41) is 1.53. The number of hydrogen-bond donors (Lipinski definition) is 1. The van der Waals surface area contributed by atoms with Gasteiger partial charge in [-0.3, -0.25) is 0 Å². The van der Waals surface area contributed by atoms with Crippen molar-refractivity contribution in [3.8, 4) is 0 Å². The molecular weight excluding hydrogens is 335 g/mol. The molecule has 1 fully saturated rings. The fraction of sp³-hybridized carbons (Fsp3) is 0.571. The molecule has 1 aromatic rings. The lowest BCUT2D eigenvalue weighted by Crippen LogP contribution is -2.37. The average molecular weight is 356 g/mol. The van der Waals surface area contributed by atoms with Gasteiger partial charge >= 0.3 is 0 Å². The topological polar surface area (TPSA) is 29.3 Å². The number of hydrogen-bond acceptors (Lipinski definition) is 3. The molecule has 0 spiro atoms. The second-order valence-electron chi connectivity index (χ2n) is 4.94. The van der Waals surface area contributed by atoms with E-state index in [1.165, 1.54) is 25.9 Å². The zero-order valence-corrected chi connectivity index (χ0v) is 14.5. The number of thioether (sulfide) groups is 1. The highest BCUT2D eigenvalue weighted by Crippen LogP contribution is 2.30. The van der Waals surface area contributed by atoms with E-state index in [-0.39, 0.29) is 12.4 Å². The van der Waals surface area contributed by atoms with Gasteiger partial charge in [-0.15, -0.1) is 24.2 Å². The van der Waals surface area contributed by atoms with Gasteiger partial charge in [-0.05, 0) is 56.6 Å². The summed E-state index contributed by atoms with van der Waals surface area (Å²) < 4.78 is 0. The van der Waals surface area contributed by atoms with Gasteiger partial charge in [0.2, 0.25) is 0 Å². The summed E-state index contributed by atoms with van der Waals surface area (Å²) in [6.07, 6.45) is 2.47. The van der Waals surface area contributed by atoms with Gasteiger partial charge in [0.15, 0.2) is 0 Å². The summed E-state index contributed by atoms with van der Waals surface area (Å²) in [6.45, 7) is 4.28. The Morgan fingerprint density at radius 3 is 2.60 bits per heavy atom. The molecule has 1 saturated heterocycles. The first kappa shape index (κ1) is 18.4. The third-order valence-electron chi connectivity index (χ3n) is 3.60. The molecule has 2 rings (SSSR count). The van der Waals surface area contributed by atoms with Crippen LogP contribution in [0.15, 0.2) is 23.1 Å².